The number of amides is 1. The topological polar surface area (TPSA) is 75.6 Å². The lowest BCUT2D eigenvalue weighted by molar-refractivity contribution is -0.138. The van der Waals surface area contributed by atoms with Gasteiger partial charge in [0.25, 0.3) is 5.91 Å². The first-order chi connectivity index (χ1) is 11.5. The van der Waals surface area contributed by atoms with Crippen molar-refractivity contribution in [2.75, 3.05) is 13.2 Å². The molecule has 1 unspecified atom stereocenters. The first-order valence-electron chi connectivity index (χ1n) is 7.50. The van der Waals surface area contributed by atoms with E-state index in [4.69, 9.17) is 4.74 Å². The summed E-state index contributed by atoms with van der Waals surface area (Å²) in [5, 5.41) is 12.0. The number of thiophene rings is 1. The van der Waals surface area contributed by atoms with Crippen LogP contribution in [0.25, 0.3) is 0 Å². The summed E-state index contributed by atoms with van der Waals surface area (Å²) in [4.78, 5) is 25.4. The van der Waals surface area contributed by atoms with Crippen molar-refractivity contribution in [3.63, 3.8) is 0 Å². The highest BCUT2D eigenvalue weighted by Gasteiger charge is 2.22. The van der Waals surface area contributed by atoms with Crippen LogP contribution >= 0.6 is 11.3 Å². The van der Waals surface area contributed by atoms with Crippen molar-refractivity contribution in [2.24, 2.45) is 0 Å². The van der Waals surface area contributed by atoms with E-state index in [1.807, 2.05) is 0 Å². The standard InChI is InChI=1S/C17H16FNO4S/c18-12-3-1-10(2-4-12)13(17(21)22)8-19-16(20)15-7-11-9-23-6-5-14(11)24-15/h1-4,7,13H,5-6,8-9H2,(H,19,20)(H,21,22). The highest BCUT2D eigenvalue weighted by atomic mass is 32.1. The minimum absolute atomic E-state index is 0.0567. The van der Waals surface area contributed by atoms with Crippen LogP contribution in [0.1, 0.15) is 31.6 Å². The molecular formula is C17H16FNO4S. The molecule has 0 fully saturated rings. The fraction of sp³-hybridized carbons (Fsp3) is 0.294. The maximum Gasteiger partial charge on any atom is 0.312 e. The van der Waals surface area contributed by atoms with Crippen molar-refractivity contribution >= 4 is 23.2 Å². The molecule has 0 aliphatic carbocycles. The van der Waals surface area contributed by atoms with Crippen molar-refractivity contribution < 1.29 is 23.8 Å². The third kappa shape index (κ3) is 3.63. The van der Waals surface area contributed by atoms with Crippen LogP contribution in [0.3, 0.4) is 0 Å². The van der Waals surface area contributed by atoms with Gasteiger partial charge in [-0.15, -0.1) is 11.3 Å². The average Bonchev–Trinajstić information content (AvgIpc) is 3.00. The molecule has 7 heteroatoms. The Labute approximate surface area is 142 Å². The number of carboxylic acids is 1. The lowest BCUT2D eigenvalue weighted by Gasteiger charge is -2.13. The number of rotatable bonds is 5. The Kier molecular flexibility index (Phi) is 4.92. The number of ether oxygens (including phenoxy) is 1. The van der Waals surface area contributed by atoms with Crippen molar-refractivity contribution in [2.45, 2.75) is 18.9 Å². The minimum Gasteiger partial charge on any atom is -0.481 e. The van der Waals surface area contributed by atoms with E-state index >= 15 is 0 Å². The average molecular weight is 349 g/mol. The van der Waals surface area contributed by atoms with Gasteiger partial charge in [-0.3, -0.25) is 9.59 Å². The van der Waals surface area contributed by atoms with Gasteiger partial charge in [0, 0.05) is 17.8 Å². The van der Waals surface area contributed by atoms with E-state index in [0.717, 1.165) is 16.9 Å². The number of carboxylic acid groups (broad SMARTS) is 1. The molecule has 0 saturated carbocycles. The second-order valence-electron chi connectivity index (χ2n) is 5.51. The van der Waals surface area contributed by atoms with Crippen LogP contribution in [0, 0.1) is 5.82 Å². The van der Waals surface area contributed by atoms with Crippen LogP contribution in [0.15, 0.2) is 30.3 Å². The molecule has 2 heterocycles. The molecule has 0 radical (unpaired) electrons. The zero-order valence-electron chi connectivity index (χ0n) is 12.8. The van der Waals surface area contributed by atoms with Gasteiger partial charge in [-0.1, -0.05) is 12.1 Å². The van der Waals surface area contributed by atoms with Crippen LogP contribution in [-0.4, -0.2) is 30.1 Å². The summed E-state index contributed by atoms with van der Waals surface area (Å²) in [5.41, 5.74) is 1.47. The smallest absolute Gasteiger partial charge is 0.312 e. The second kappa shape index (κ2) is 7.11. The van der Waals surface area contributed by atoms with E-state index in [2.05, 4.69) is 5.32 Å². The number of hydrogen-bond donors (Lipinski definition) is 2. The van der Waals surface area contributed by atoms with E-state index < -0.39 is 17.7 Å². The largest absolute Gasteiger partial charge is 0.481 e. The molecule has 0 spiro atoms. The second-order valence-corrected chi connectivity index (χ2v) is 6.65. The Morgan fingerprint density at radius 3 is 2.75 bits per heavy atom. The molecule has 2 N–H and O–H groups in total. The van der Waals surface area contributed by atoms with Crippen molar-refractivity contribution in [3.05, 3.63) is 57.0 Å². The molecule has 1 atom stereocenters. The quantitative estimate of drug-likeness (QED) is 0.870. The lowest BCUT2D eigenvalue weighted by atomic mass is 9.99. The van der Waals surface area contributed by atoms with E-state index in [1.54, 1.807) is 6.07 Å². The number of benzene rings is 1. The molecular weight excluding hydrogens is 333 g/mol. The van der Waals surface area contributed by atoms with Gasteiger partial charge >= 0.3 is 5.97 Å². The van der Waals surface area contributed by atoms with E-state index in [-0.39, 0.29) is 12.5 Å². The molecule has 1 amide bonds. The number of fused-ring (bicyclic) bond motifs is 1. The maximum absolute atomic E-state index is 13.0. The molecule has 126 valence electrons. The molecule has 3 rings (SSSR count). The number of hydrogen-bond acceptors (Lipinski definition) is 4. The number of halogens is 1. The lowest BCUT2D eigenvalue weighted by Crippen LogP contribution is -2.31. The molecule has 5 nitrogen and oxygen atoms in total. The fourth-order valence-corrected chi connectivity index (χ4v) is 3.65. The third-order valence-electron chi connectivity index (χ3n) is 3.89. The molecule has 1 aromatic carbocycles. The van der Waals surface area contributed by atoms with Crippen molar-refractivity contribution in [1.29, 1.82) is 0 Å². The van der Waals surface area contributed by atoms with Crippen LogP contribution in [0.2, 0.25) is 0 Å². The van der Waals surface area contributed by atoms with Gasteiger partial charge in [0.15, 0.2) is 0 Å². The summed E-state index contributed by atoms with van der Waals surface area (Å²) < 4.78 is 18.3. The Bertz CT molecular complexity index is 733. The molecule has 0 bridgehead atoms. The summed E-state index contributed by atoms with van der Waals surface area (Å²) in [5.74, 6) is -2.73. The summed E-state index contributed by atoms with van der Waals surface area (Å²) in [6, 6.07) is 7.05. The molecule has 0 saturated heterocycles. The Balaban J connectivity index is 1.68. The number of aliphatic carboxylic acids is 1. The monoisotopic (exact) mass is 349 g/mol. The number of carbonyl (C=O) groups excluding carboxylic acids is 1. The molecule has 1 aliphatic heterocycles. The SMILES string of the molecule is O=C(NCC(C(=O)O)c1ccc(F)cc1)c1cc2c(s1)CCOC2. The molecule has 2 aromatic rings. The van der Waals surface area contributed by atoms with E-state index in [1.165, 1.54) is 35.6 Å². The zero-order chi connectivity index (χ0) is 17.1. The fourth-order valence-electron chi connectivity index (χ4n) is 2.58. The van der Waals surface area contributed by atoms with Crippen molar-refractivity contribution in [3.8, 4) is 0 Å². The van der Waals surface area contributed by atoms with Gasteiger partial charge in [0.05, 0.1) is 24.0 Å². The van der Waals surface area contributed by atoms with Gasteiger partial charge in [-0.2, -0.15) is 0 Å². The minimum atomic E-state index is -1.07. The molecule has 1 aromatic heterocycles. The van der Waals surface area contributed by atoms with Gasteiger partial charge in [-0.25, -0.2) is 4.39 Å². The highest BCUT2D eigenvalue weighted by Crippen LogP contribution is 2.27. The third-order valence-corrected chi connectivity index (χ3v) is 5.12. The summed E-state index contributed by atoms with van der Waals surface area (Å²) in [6.07, 6.45) is 0.792. The summed E-state index contributed by atoms with van der Waals surface area (Å²) >= 11 is 1.41. The first-order valence-corrected chi connectivity index (χ1v) is 8.32. The number of nitrogens with one attached hydrogen (secondary N) is 1. The first kappa shape index (κ1) is 16.6. The summed E-state index contributed by atoms with van der Waals surface area (Å²) in [7, 11) is 0. The highest BCUT2D eigenvalue weighted by molar-refractivity contribution is 7.14. The van der Waals surface area contributed by atoms with Crippen LogP contribution in [-0.2, 0) is 22.6 Å². The van der Waals surface area contributed by atoms with Gasteiger partial charge < -0.3 is 15.2 Å². The van der Waals surface area contributed by atoms with E-state index in [0.29, 0.717) is 23.7 Å². The van der Waals surface area contributed by atoms with Crippen molar-refractivity contribution in [1.82, 2.24) is 5.32 Å². The Morgan fingerprint density at radius 1 is 1.33 bits per heavy atom. The Morgan fingerprint density at radius 2 is 2.08 bits per heavy atom. The van der Waals surface area contributed by atoms with Crippen LogP contribution < -0.4 is 5.32 Å². The van der Waals surface area contributed by atoms with Gasteiger partial charge in [-0.05, 0) is 29.3 Å². The normalized spacial score (nSPS) is 14.7. The van der Waals surface area contributed by atoms with Crippen LogP contribution in [0.4, 0.5) is 4.39 Å². The molecule has 1 aliphatic rings. The number of carbonyl (C=O) groups is 2. The molecule has 24 heavy (non-hydrogen) atoms. The van der Waals surface area contributed by atoms with Gasteiger partial charge in [0.1, 0.15) is 5.82 Å². The van der Waals surface area contributed by atoms with Gasteiger partial charge in [0.2, 0.25) is 0 Å². The predicted molar refractivity (Wildman–Crippen MR) is 86.8 cm³/mol. The Hall–Kier alpha value is -2.25. The predicted octanol–water partition coefficient (Wildman–Crippen LogP) is 2.56. The zero-order valence-corrected chi connectivity index (χ0v) is 13.6. The van der Waals surface area contributed by atoms with Crippen LogP contribution in [0.5, 0.6) is 0 Å². The van der Waals surface area contributed by atoms with E-state index in [9.17, 15) is 19.1 Å². The summed E-state index contributed by atoms with van der Waals surface area (Å²) in [6.45, 7) is 1.10. The maximum atomic E-state index is 13.0.